The number of carboxylic acids is 1. The highest BCUT2D eigenvalue weighted by Gasteiger charge is 2.14. The minimum absolute atomic E-state index is 0.0132. The number of hydrogen-bond donors (Lipinski definition) is 2. The lowest BCUT2D eigenvalue weighted by Crippen LogP contribution is -2.29. The second kappa shape index (κ2) is 7.64. The van der Waals surface area contributed by atoms with Crippen LogP contribution in [0.1, 0.15) is 23.8 Å². The van der Waals surface area contributed by atoms with Crippen LogP contribution in [0, 0.1) is 16.0 Å². The van der Waals surface area contributed by atoms with Gasteiger partial charge >= 0.3 is 5.97 Å². The van der Waals surface area contributed by atoms with Gasteiger partial charge in [-0.2, -0.15) is 0 Å². The molecule has 1 aromatic heterocycles. The van der Waals surface area contributed by atoms with E-state index in [1.54, 1.807) is 24.4 Å². The zero-order chi connectivity index (χ0) is 17.7. The topological polar surface area (TPSA) is 122 Å². The Balaban J connectivity index is 2.00. The van der Waals surface area contributed by atoms with Crippen LogP contribution >= 0.6 is 11.3 Å². The van der Waals surface area contributed by atoms with Gasteiger partial charge in [0.05, 0.1) is 4.92 Å². The zero-order valence-electron chi connectivity index (χ0n) is 12.8. The van der Waals surface area contributed by atoms with Crippen LogP contribution in [0.3, 0.4) is 0 Å². The number of hydrogen-bond acceptors (Lipinski definition) is 6. The number of rotatable bonds is 7. The molecule has 0 aliphatic rings. The van der Waals surface area contributed by atoms with Crippen LogP contribution in [0.15, 0.2) is 29.6 Å². The maximum Gasteiger partial charge on any atom is 0.303 e. The molecule has 24 heavy (non-hydrogen) atoms. The van der Waals surface area contributed by atoms with Crippen molar-refractivity contribution in [3.8, 4) is 10.6 Å². The summed E-state index contributed by atoms with van der Waals surface area (Å²) in [5.41, 5.74) is 0.903. The largest absolute Gasteiger partial charge is 0.481 e. The van der Waals surface area contributed by atoms with E-state index < -0.39 is 10.9 Å². The predicted octanol–water partition coefficient (Wildman–Crippen LogP) is 2.56. The van der Waals surface area contributed by atoms with E-state index in [0.717, 1.165) is 0 Å². The number of aliphatic carboxylic acids is 1. The minimum Gasteiger partial charge on any atom is -0.481 e. The molecule has 0 saturated carbocycles. The Morgan fingerprint density at radius 1 is 1.38 bits per heavy atom. The standard InChI is InChI=1S/C15H15N3O5S/c1-9(6-13(19)20)7-16-14(21)12-8-24-15(17-12)10-2-4-11(5-3-10)18(22)23/h2-5,8-9H,6-7H2,1H3,(H,16,21)(H,19,20). The molecule has 0 aliphatic carbocycles. The number of nitro groups is 1. The zero-order valence-corrected chi connectivity index (χ0v) is 13.6. The van der Waals surface area contributed by atoms with E-state index in [2.05, 4.69) is 10.3 Å². The Morgan fingerprint density at radius 2 is 2.04 bits per heavy atom. The molecule has 1 heterocycles. The van der Waals surface area contributed by atoms with E-state index in [1.165, 1.54) is 23.5 Å². The molecule has 2 N–H and O–H groups in total. The first kappa shape index (κ1) is 17.5. The number of carboxylic acid groups (broad SMARTS) is 1. The highest BCUT2D eigenvalue weighted by molar-refractivity contribution is 7.13. The van der Waals surface area contributed by atoms with Crippen molar-refractivity contribution < 1.29 is 19.6 Å². The van der Waals surface area contributed by atoms with Gasteiger partial charge in [0.15, 0.2) is 0 Å². The summed E-state index contributed by atoms with van der Waals surface area (Å²) in [6, 6.07) is 5.91. The van der Waals surface area contributed by atoms with Gasteiger partial charge in [-0.1, -0.05) is 6.92 Å². The fourth-order valence-electron chi connectivity index (χ4n) is 1.96. The number of nitrogens with zero attached hydrogens (tertiary/aromatic N) is 2. The molecule has 126 valence electrons. The van der Waals surface area contributed by atoms with Crippen LogP contribution in [-0.4, -0.2) is 33.4 Å². The molecule has 8 nitrogen and oxygen atoms in total. The molecule has 0 spiro atoms. The summed E-state index contributed by atoms with van der Waals surface area (Å²) in [5, 5.41) is 24.1. The Bertz CT molecular complexity index is 757. The van der Waals surface area contributed by atoms with Crippen molar-refractivity contribution in [3.63, 3.8) is 0 Å². The maximum atomic E-state index is 12.0. The summed E-state index contributed by atoms with van der Waals surface area (Å²) in [7, 11) is 0. The summed E-state index contributed by atoms with van der Waals surface area (Å²) >= 11 is 1.25. The third-order valence-electron chi connectivity index (χ3n) is 3.20. The van der Waals surface area contributed by atoms with Crippen LogP contribution in [0.5, 0.6) is 0 Å². The molecule has 0 fully saturated rings. The third-order valence-corrected chi connectivity index (χ3v) is 4.09. The van der Waals surface area contributed by atoms with Crippen LogP contribution < -0.4 is 5.32 Å². The molecule has 9 heteroatoms. The van der Waals surface area contributed by atoms with Crippen LogP contribution in [0.2, 0.25) is 0 Å². The summed E-state index contributed by atoms with van der Waals surface area (Å²) in [4.78, 5) is 37.0. The Hall–Kier alpha value is -2.81. The second-order valence-corrected chi connectivity index (χ2v) is 6.11. The van der Waals surface area contributed by atoms with Crippen molar-refractivity contribution in [2.45, 2.75) is 13.3 Å². The van der Waals surface area contributed by atoms with Crippen molar-refractivity contribution >= 4 is 28.9 Å². The van der Waals surface area contributed by atoms with Crippen molar-refractivity contribution in [2.75, 3.05) is 6.54 Å². The van der Waals surface area contributed by atoms with Crippen LogP contribution in [-0.2, 0) is 4.79 Å². The monoisotopic (exact) mass is 349 g/mol. The molecule has 0 saturated heterocycles. The molecule has 0 aliphatic heterocycles. The normalized spacial score (nSPS) is 11.7. The number of nitrogens with one attached hydrogen (secondary N) is 1. The van der Waals surface area contributed by atoms with Gasteiger partial charge < -0.3 is 10.4 Å². The average Bonchev–Trinajstić information content (AvgIpc) is 3.02. The number of carbonyl (C=O) groups is 2. The second-order valence-electron chi connectivity index (χ2n) is 5.25. The maximum absolute atomic E-state index is 12.0. The lowest BCUT2D eigenvalue weighted by molar-refractivity contribution is -0.384. The lowest BCUT2D eigenvalue weighted by atomic mass is 10.1. The van der Waals surface area contributed by atoms with Gasteiger partial charge in [0, 0.05) is 36.0 Å². The minimum atomic E-state index is -0.911. The Kier molecular flexibility index (Phi) is 5.59. The number of benzene rings is 1. The van der Waals surface area contributed by atoms with E-state index in [9.17, 15) is 19.7 Å². The predicted molar refractivity (Wildman–Crippen MR) is 88.0 cm³/mol. The van der Waals surface area contributed by atoms with Gasteiger partial charge in [0.2, 0.25) is 0 Å². The summed E-state index contributed by atoms with van der Waals surface area (Å²) in [6.45, 7) is 1.98. The highest BCUT2D eigenvalue weighted by Crippen LogP contribution is 2.25. The molecule has 1 amide bonds. The van der Waals surface area contributed by atoms with Crippen LogP contribution in [0.4, 0.5) is 5.69 Å². The number of nitro benzene ring substituents is 1. The van der Waals surface area contributed by atoms with Crippen molar-refractivity contribution in [1.29, 1.82) is 0 Å². The van der Waals surface area contributed by atoms with E-state index in [4.69, 9.17) is 5.11 Å². The fraction of sp³-hybridized carbons (Fsp3) is 0.267. The smallest absolute Gasteiger partial charge is 0.303 e. The summed E-state index contributed by atoms with van der Waals surface area (Å²) in [5.74, 6) is -1.47. The van der Waals surface area contributed by atoms with Crippen molar-refractivity contribution in [2.24, 2.45) is 5.92 Å². The fourth-order valence-corrected chi connectivity index (χ4v) is 2.77. The van der Waals surface area contributed by atoms with Gasteiger partial charge in [0.25, 0.3) is 11.6 Å². The molecule has 2 rings (SSSR count). The molecule has 1 aromatic carbocycles. The van der Waals surface area contributed by atoms with Gasteiger partial charge in [-0.15, -0.1) is 11.3 Å². The van der Waals surface area contributed by atoms with E-state index in [-0.39, 0.29) is 36.2 Å². The van der Waals surface area contributed by atoms with Gasteiger partial charge in [-0.05, 0) is 18.1 Å². The number of carbonyl (C=O) groups excluding carboxylic acids is 1. The van der Waals surface area contributed by atoms with Crippen LogP contribution in [0.25, 0.3) is 10.6 Å². The molecule has 0 radical (unpaired) electrons. The van der Waals surface area contributed by atoms with E-state index >= 15 is 0 Å². The van der Waals surface area contributed by atoms with Gasteiger partial charge in [-0.25, -0.2) is 4.98 Å². The molecule has 0 bridgehead atoms. The highest BCUT2D eigenvalue weighted by atomic mass is 32.1. The van der Waals surface area contributed by atoms with Gasteiger partial charge in [-0.3, -0.25) is 19.7 Å². The third kappa shape index (κ3) is 4.59. The summed E-state index contributed by atoms with van der Waals surface area (Å²) in [6.07, 6.45) is -0.0224. The summed E-state index contributed by atoms with van der Waals surface area (Å²) < 4.78 is 0. The molecule has 1 atom stereocenters. The van der Waals surface area contributed by atoms with E-state index in [1.807, 2.05) is 0 Å². The lowest BCUT2D eigenvalue weighted by Gasteiger charge is -2.09. The van der Waals surface area contributed by atoms with Gasteiger partial charge in [0.1, 0.15) is 10.7 Å². The molecule has 2 aromatic rings. The Morgan fingerprint density at radius 3 is 2.62 bits per heavy atom. The number of amides is 1. The number of non-ortho nitro benzene ring substituents is 1. The average molecular weight is 349 g/mol. The van der Waals surface area contributed by atoms with Crippen molar-refractivity contribution in [1.82, 2.24) is 10.3 Å². The first-order valence-corrected chi connectivity index (χ1v) is 7.95. The number of aromatic nitrogens is 1. The first-order valence-electron chi connectivity index (χ1n) is 7.07. The Labute approximate surface area is 141 Å². The first-order chi connectivity index (χ1) is 11.4. The van der Waals surface area contributed by atoms with Crippen molar-refractivity contribution in [3.05, 3.63) is 45.5 Å². The SMILES string of the molecule is CC(CNC(=O)c1csc(-c2ccc([N+](=O)[O-])cc2)n1)CC(=O)O. The molecule has 1 unspecified atom stereocenters. The molecular formula is C15H15N3O5S. The quantitative estimate of drug-likeness (QED) is 0.585. The van der Waals surface area contributed by atoms with E-state index in [0.29, 0.717) is 10.6 Å². The molecular weight excluding hydrogens is 334 g/mol. The number of thiazole rings is 1.